The van der Waals surface area contributed by atoms with E-state index in [0.29, 0.717) is 6.04 Å². The highest BCUT2D eigenvalue weighted by Gasteiger charge is 2.18. The van der Waals surface area contributed by atoms with Gasteiger partial charge in [-0.1, -0.05) is 19.8 Å². The van der Waals surface area contributed by atoms with Gasteiger partial charge in [0.15, 0.2) is 0 Å². The highest BCUT2D eigenvalue weighted by Crippen LogP contribution is 2.24. The molecular weight excluding hydrogens is 204 g/mol. The van der Waals surface area contributed by atoms with Crippen LogP contribution in [0.2, 0.25) is 0 Å². The fraction of sp³-hybridized carbons (Fsp3) is 0.750. The molecule has 0 bridgehead atoms. The van der Waals surface area contributed by atoms with Crippen LogP contribution in [0.15, 0.2) is 6.20 Å². The molecule has 0 aromatic carbocycles. The van der Waals surface area contributed by atoms with Gasteiger partial charge in [-0.05, 0) is 26.2 Å². The molecule has 1 aromatic heterocycles. The van der Waals surface area contributed by atoms with Gasteiger partial charge in [0.05, 0.1) is 6.04 Å². The molecule has 84 valence electrons. The average molecular weight is 224 g/mol. The van der Waals surface area contributed by atoms with Crippen LogP contribution in [0.3, 0.4) is 0 Å². The second-order valence-corrected chi connectivity index (χ2v) is 5.53. The van der Waals surface area contributed by atoms with Crippen LogP contribution >= 0.6 is 11.3 Å². The van der Waals surface area contributed by atoms with Crippen LogP contribution in [0, 0.1) is 0 Å². The van der Waals surface area contributed by atoms with Gasteiger partial charge in [-0.3, -0.25) is 0 Å². The first kappa shape index (κ1) is 11.1. The molecule has 1 saturated carbocycles. The molecule has 0 saturated heterocycles. The first-order valence-electron chi connectivity index (χ1n) is 6.00. The molecule has 15 heavy (non-hydrogen) atoms. The summed E-state index contributed by atoms with van der Waals surface area (Å²) in [6, 6.07) is 1.16. The quantitative estimate of drug-likeness (QED) is 0.849. The van der Waals surface area contributed by atoms with Crippen molar-refractivity contribution in [3.05, 3.63) is 16.1 Å². The van der Waals surface area contributed by atoms with Gasteiger partial charge in [0.2, 0.25) is 0 Å². The lowest BCUT2D eigenvalue weighted by Gasteiger charge is -2.16. The van der Waals surface area contributed by atoms with Gasteiger partial charge in [0.25, 0.3) is 0 Å². The number of thiazole rings is 1. The van der Waals surface area contributed by atoms with E-state index in [1.54, 1.807) is 0 Å². The molecule has 1 unspecified atom stereocenters. The van der Waals surface area contributed by atoms with Crippen molar-refractivity contribution in [2.75, 3.05) is 0 Å². The molecule has 0 amide bonds. The summed E-state index contributed by atoms with van der Waals surface area (Å²) in [5.74, 6) is 0. The lowest BCUT2D eigenvalue weighted by atomic mass is 10.2. The zero-order valence-corrected chi connectivity index (χ0v) is 10.4. The Balaban J connectivity index is 1.91. The van der Waals surface area contributed by atoms with E-state index in [0.717, 1.165) is 12.5 Å². The fourth-order valence-corrected chi connectivity index (χ4v) is 3.07. The van der Waals surface area contributed by atoms with Gasteiger partial charge < -0.3 is 5.32 Å². The highest BCUT2D eigenvalue weighted by molar-refractivity contribution is 7.11. The molecule has 1 aliphatic carbocycles. The average Bonchev–Trinajstić information content (AvgIpc) is 2.86. The van der Waals surface area contributed by atoms with E-state index in [4.69, 9.17) is 0 Å². The van der Waals surface area contributed by atoms with E-state index < -0.39 is 0 Å². The molecule has 1 heterocycles. The molecule has 0 spiro atoms. The second-order valence-electron chi connectivity index (χ2n) is 4.39. The zero-order chi connectivity index (χ0) is 10.7. The molecule has 1 aliphatic rings. The highest BCUT2D eigenvalue weighted by atomic mass is 32.1. The van der Waals surface area contributed by atoms with Crippen molar-refractivity contribution in [3.8, 4) is 0 Å². The summed E-state index contributed by atoms with van der Waals surface area (Å²) in [5, 5.41) is 4.93. The number of aryl methyl sites for hydroxylation is 1. The van der Waals surface area contributed by atoms with Crippen LogP contribution in [0.1, 0.15) is 55.5 Å². The molecular formula is C12H20N2S. The number of rotatable bonds is 4. The lowest BCUT2D eigenvalue weighted by Crippen LogP contribution is -2.28. The molecule has 1 aromatic rings. The monoisotopic (exact) mass is 224 g/mol. The maximum atomic E-state index is 4.49. The van der Waals surface area contributed by atoms with Crippen LogP contribution in [-0.4, -0.2) is 11.0 Å². The molecule has 1 fully saturated rings. The largest absolute Gasteiger partial charge is 0.305 e. The number of hydrogen-bond donors (Lipinski definition) is 1. The third kappa shape index (κ3) is 2.79. The van der Waals surface area contributed by atoms with E-state index >= 15 is 0 Å². The SMILES string of the molecule is CCc1cnc(C(C)NC2CCCC2)s1. The van der Waals surface area contributed by atoms with Crippen molar-refractivity contribution < 1.29 is 0 Å². The Morgan fingerprint density at radius 1 is 1.53 bits per heavy atom. The Labute approximate surface area is 96.1 Å². The van der Waals surface area contributed by atoms with Gasteiger partial charge in [-0.25, -0.2) is 4.98 Å². The lowest BCUT2D eigenvalue weighted by molar-refractivity contribution is 0.460. The molecule has 2 rings (SSSR count). The van der Waals surface area contributed by atoms with Crippen molar-refractivity contribution in [2.24, 2.45) is 0 Å². The molecule has 0 aliphatic heterocycles. The number of nitrogens with zero attached hydrogens (tertiary/aromatic N) is 1. The zero-order valence-electron chi connectivity index (χ0n) is 9.62. The van der Waals surface area contributed by atoms with E-state index in [9.17, 15) is 0 Å². The van der Waals surface area contributed by atoms with Crippen molar-refractivity contribution in [1.29, 1.82) is 0 Å². The Bertz CT molecular complexity index is 302. The molecule has 1 atom stereocenters. The normalized spacial score (nSPS) is 19.6. The van der Waals surface area contributed by atoms with E-state index in [-0.39, 0.29) is 0 Å². The molecule has 2 nitrogen and oxygen atoms in total. The molecule has 1 N–H and O–H groups in total. The Morgan fingerprint density at radius 3 is 2.87 bits per heavy atom. The Hall–Kier alpha value is -0.410. The summed E-state index contributed by atoms with van der Waals surface area (Å²) in [5.41, 5.74) is 0. The minimum Gasteiger partial charge on any atom is -0.305 e. The van der Waals surface area contributed by atoms with E-state index in [1.165, 1.54) is 35.6 Å². The van der Waals surface area contributed by atoms with Gasteiger partial charge >= 0.3 is 0 Å². The van der Waals surface area contributed by atoms with Crippen LogP contribution in [0.5, 0.6) is 0 Å². The summed E-state index contributed by atoms with van der Waals surface area (Å²) >= 11 is 1.85. The maximum Gasteiger partial charge on any atom is 0.109 e. The first-order valence-corrected chi connectivity index (χ1v) is 6.82. The summed E-state index contributed by atoms with van der Waals surface area (Å²) < 4.78 is 0. The van der Waals surface area contributed by atoms with Crippen molar-refractivity contribution in [1.82, 2.24) is 10.3 Å². The second kappa shape index (κ2) is 5.08. The van der Waals surface area contributed by atoms with Crippen LogP contribution in [0.25, 0.3) is 0 Å². The Morgan fingerprint density at radius 2 is 2.27 bits per heavy atom. The third-order valence-electron chi connectivity index (χ3n) is 3.13. The number of nitrogens with one attached hydrogen (secondary N) is 1. The van der Waals surface area contributed by atoms with Crippen LogP contribution in [-0.2, 0) is 6.42 Å². The predicted octanol–water partition coefficient (Wildman–Crippen LogP) is 3.30. The standard InChI is InChI=1S/C12H20N2S/c1-3-11-8-13-12(15-11)9(2)14-10-6-4-5-7-10/h8-10,14H,3-7H2,1-2H3. The van der Waals surface area contributed by atoms with Crippen LogP contribution in [0.4, 0.5) is 0 Å². The summed E-state index contributed by atoms with van der Waals surface area (Å²) in [7, 11) is 0. The minimum absolute atomic E-state index is 0.429. The smallest absolute Gasteiger partial charge is 0.109 e. The topological polar surface area (TPSA) is 24.9 Å². The third-order valence-corrected chi connectivity index (χ3v) is 4.46. The summed E-state index contributed by atoms with van der Waals surface area (Å²) in [4.78, 5) is 5.88. The Kier molecular flexibility index (Phi) is 3.76. The summed E-state index contributed by atoms with van der Waals surface area (Å²) in [6.07, 6.45) is 8.60. The summed E-state index contributed by atoms with van der Waals surface area (Å²) in [6.45, 7) is 4.42. The maximum absolute atomic E-state index is 4.49. The molecule has 3 heteroatoms. The number of hydrogen-bond acceptors (Lipinski definition) is 3. The van der Waals surface area contributed by atoms with E-state index in [1.807, 2.05) is 17.5 Å². The van der Waals surface area contributed by atoms with Crippen molar-refractivity contribution in [2.45, 2.75) is 58.0 Å². The van der Waals surface area contributed by atoms with Gasteiger partial charge in [-0.15, -0.1) is 11.3 Å². The minimum atomic E-state index is 0.429. The van der Waals surface area contributed by atoms with Gasteiger partial charge in [-0.2, -0.15) is 0 Å². The van der Waals surface area contributed by atoms with Crippen molar-refractivity contribution >= 4 is 11.3 Å². The van der Waals surface area contributed by atoms with Gasteiger partial charge in [0, 0.05) is 17.1 Å². The number of aromatic nitrogens is 1. The van der Waals surface area contributed by atoms with E-state index in [2.05, 4.69) is 24.1 Å². The molecule has 0 radical (unpaired) electrons. The van der Waals surface area contributed by atoms with Gasteiger partial charge in [0.1, 0.15) is 5.01 Å². The fourth-order valence-electron chi connectivity index (χ4n) is 2.20. The van der Waals surface area contributed by atoms with Crippen molar-refractivity contribution in [3.63, 3.8) is 0 Å². The predicted molar refractivity (Wildman–Crippen MR) is 65.3 cm³/mol. The van der Waals surface area contributed by atoms with Crippen LogP contribution < -0.4 is 5.32 Å². The first-order chi connectivity index (χ1) is 7.29.